The Balaban J connectivity index is 2.17. The summed E-state index contributed by atoms with van der Waals surface area (Å²) >= 11 is 8.73. The van der Waals surface area contributed by atoms with E-state index in [1.807, 2.05) is 26.0 Å². The minimum absolute atomic E-state index is 0.126. The molecule has 0 unspecified atom stereocenters. The van der Waals surface area contributed by atoms with Crippen LogP contribution in [0, 0.1) is 13.8 Å². The van der Waals surface area contributed by atoms with Crippen LogP contribution in [0.2, 0.25) is 4.34 Å². The van der Waals surface area contributed by atoms with E-state index < -0.39 is 0 Å². The number of thiophene rings is 1. The molecule has 0 N–H and O–H groups in total. The number of nitrogens with zero attached hydrogens (tertiary/aromatic N) is 1. The van der Waals surface area contributed by atoms with Crippen molar-refractivity contribution in [2.45, 2.75) is 20.3 Å². The Morgan fingerprint density at radius 2 is 2.12 bits per heavy atom. The molecule has 0 aliphatic carbocycles. The molecule has 2 nitrogen and oxygen atoms in total. The van der Waals surface area contributed by atoms with Crippen LogP contribution in [-0.4, -0.2) is 10.8 Å². The van der Waals surface area contributed by atoms with Crippen molar-refractivity contribution in [2.24, 2.45) is 0 Å². The lowest BCUT2D eigenvalue weighted by atomic mass is 10.2. The van der Waals surface area contributed by atoms with E-state index in [2.05, 4.69) is 4.98 Å². The van der Waals surface area contributed by atoms with Crippen LogP contribution >= 0.6 is 34.3 Å². The fourth-order valence-electron chi connectivity index (χ4n) is 1.48. The summed E-state index contributed by atoms with van der Waals surface area (Å²) in [6.07, 6.45) is 0.417. The number of halogens is 1. The maximum absolute atomic E-state index is 12.0. The van der Waals surface area contributed by atoms with Crippen LogP contribution < -0.4 is 0 Å². The summed E-state index contributed by atoms with van der Waals surface area (Å²) in [6.45, 7) is 3.79. The summed E-state index contributed by atoms with van der Waals surface area (Å²) in [4.78, 5) is 18.0. The van der Waals surface area contributed by atoms with Crippen LogP contribution in [0.5, 0.6) is 0 Å². The van der Waals surface area contributed by atoms with Gasteiger partial charge in [0.25, 0.3) is 0 Å². The second kappa shape index (κ2) is 4.65. The molecule has 2 aromatic rings. The second-order valence-corrected chi connectivity index (χ2v) is 6.46. The van der Waals surface area contributed by atoms with Gasteiger partial charge in [0.05, 0.1) is 19.9 Å². The van der Waals surface area contributed by atoms with Gasteiger partial charge in [0.15, 0.2) is 5.78 Å². The highest BCUT2D eigenvalue weighted by molar-refractivity contribution is 7.16. The number of ketones is 1. The zero-order chi connectivity index (χ0) is 11.7. The number of thiazole rings is 1. The minimum Gasteiger partial charge on any atom is -0.293 e. The van der Waals surface area contributed by atoms with E-state index in [1.54, 1.807) is 0 Å². The van der Waals surface area contributed by atoms with Crippen molar-refractivity contribution in [3.63, 3.8) is 0 Å². The van der Waals surface area contributed by atoms with Crippen molar-refractivity contribution < 1.29 is 4.79 Å². The molecule has 0 saturated heterocycles. The summed E-state index contributed by atoms with van der Waals surface area (Å²) in [5, 5.41) is 0.935. The van der Waals surface area contributed by atoms with Gasteiger partial charge in [-0.05, 0) is 26.0 Å². The van der Waals surface area contributed by atoms with Gasteiger partial charge in [0.2, 0.25) is 0 Å². The van der Waals surface area contributed by atoms with Gasteiger partial charge in [-0.25, -0.2) is 4.98 Å². The van der Waals surface area contributed by atoms with Gasteiger partial charge in [-0.15, -0.1) is 22.7 Å². The first-order valence-corrected chi connectivity index (χ1v) is 6.79. The first kappa shape index (κ1) is 11.8. The Morgan fingerprint density at radius 3 is 2.62 bits per heavy atom. The molecule has 2 rings (SSSR count). The predicted octanol–water partition coefficient (Wildman–Crippen LogP) is 3.90. The molecule has 0 aliphatic rings. The molecule has 5 heteroatoms. The molecule has 2 aromatic heterocycles. The third-order valence-corrected chi connectivity index (χ3v) is 4.47. The average Bonchev–Trinajstić information content (AvgIpc) is 2.73. The Labute approximate surface area is 107 Å². The zero-order valence-electron chi connectivity index (χ0n) is 8.91. The molecule has 0 radical (unpaired) electrons. The zero-order valence-corrected chi connectivity index (χ0v) is 11.3. The second-order valence-electron chi connectivity index (χ2n) is 3.45. The lowest BCUT2D eigenvalue weighted by Crippen LogP contribution is -2.01. The van der Waals surface area contributed by atoms with Crippen molar-refractivity contribution in [3.05, 3.63) is 36.9 Å². The van der Waals surface area contributed by atoms with Crippen molar-refractivity contribution in [3.8, 4) is 0 Å². The Kier molecular flexibility index (Phi) is 3.42. The van der Waals surface area contributed by atoms with Gasteiger partial charge in [-0.2, -0.15) is 0 Å². The van der Waals surface area contributed by atoms with E-state index >= 15 is 0 Å². The standard InChI is InChI=1S/C11H10ClNOS2/c1-6-11(15-7(2)13-6)9(14)5-8-3-4-10(12)16-8/h3-4H,5H2,1-2H3. The molecular formula is C11H10ClNOS2. The lowest BCUT2D eigenvalue weighted by Gasteiger charge is -1.95. The topological polar surface area (TPSA) is 30.0 Å². The fourth-order valence-corrected chi connectivity index (χ4v) is 3.42. The number of carbonyl (C=O) groups is 1. The van der Waals surface area contributed by atoms with Gasteiger partial charge < -0.3 is 0 Å². The van der Waals surface area contributed by atoms with Crippen molar-refractivity contribution in [2.75, 3.05) is 0 Å². The number of rotatable bonds is 3. The van der Waals surface area contributed by atoms with Gasteiger partial charge >= 0.3 is 0 Å². The van der Waals surface area contributed by atoms with E-state index in [9.17, 15) is 4.79 Å². The minimum atomic E-state index is 0.126. The Bertz CT molecular complexity index is 530. The van der Waals surface area contributed by atoms with E-state index in [4.69, 9.17) is 11.6 Å². The number of hydrogen-bond donors (Lipinski definition) is 0. The maximum Gasteiger partial charge on any atom is 0.179 e. The van der Waals surface area contributed by atoms with Gasteiger partial charge in [-0.3, -0.25) is 4.79 Å². The molecule has 0 atom stereocenters. The summed E-state index contributed by atoms with van der Waals surface area (Å²) < 4.78 is 0.722. The molecule has 2 heterocycles. The van der Waals surface area contributed by atoms with Gasteiger partial charge in [-0.1, -0.05) is 11.6 Å². The third-order valence-electron chi connectivity index (χ3n) is 2.12. The summed E-state index contributed by atoms with van der Waals surface area (Å²) in [5.74, 6) is 0.126. The molecule has 84 valence electrons. The average molecular weight is 272 g/mol. The van der Waals surface area contributed by atoms with E-state index in [0.717, 1.165) is 24.8 Å². The summed E-state index contributed by atoms with van der Waals surface area (Å²) in [7, 11) is 0. The Morgan fingerprint density at radius 1 is 1.38 bits per heavy atom. The quantitative estimate of drug-likeness (QED) is 0.793. The van der Waals surface area contributed by atoms with E-state index in [0.29, 0.717) is 6.42 Å². The molecule has 0 spiro atoms. The van der Waals surface area contributed by atoms with Crippen LogP contribution in [0.1, 0.15) is 25.3 Å². The SMILES string of the molecule is Cc1nc(C)c(C(=O)Cc2ccc(Cl)s2)s1. The third kappa shape index (κ3) is 2.51. The number of aromatic nitrogens is 1. The van der Waals surface area contributed by atoms with Crippen LogP contribution in [-0.2, 0) is 6.42 Å². The molecule has 0 amide bonds. The maximum atomic E-state index is 12.0. The van der Waals surface area contributed by atoms with E-state index in [-0.39, 0.29) is 5.78 Å². The number of Topliss-reactive ketones (excluding diaryl/α,β-unsaturated/α-hetero) is 1. The molecule has 0 saturated carbocycles. The lowest BCUT2D eigenvalue weighted by molar-refractivity contribution is 0.0997. The summed E-state index contributed by atoms with van der Waals surface area (Å²) in [6, 6.07) is 3.72. The van der Waals surface area contributed by atoms with Crippen LogP contribution in [0.25, 0.3) is 0 Å². The number of carbonyl (C=O) groups excluding carboxylic acids is 1. The van der Waals surface area contributed by atoms with Gasteiger partial charge in [0, 0.05) is 11.3 Å². The number of hydrogen-bond acceptors (Lipinski definition) is 4. The molecular weight excluding hydrogens is 262 g/mol. The van der Waals surface area contributed by atoms with Crippen LogP contribution in [0.15, 0.2) is 12.1 Å². The monoisotopic (exact) mass is 271 g/mol. The van der Waals surface area contributed by atoms with Crippen molar-refractivity contribution in [1.29, 1.82) is 0 Å². The molecule has 0 fully saturated rings. The first-order valence-electron chi connectivity index (χ1n) is 4.77. The predicted molar refractivity (Wildman–Crippen MR) is 69.0 cm³/mol. The largest absolute Gasteiger partial charge is 0.293 e. The van der Waals surface area contributed by atoms with Gasteiger partial charge in [0.1, 0.15) is 0 Å². The van der Waals surface area contributed by atoms with Crippen LogP contribution in [0.4, 0.5) is 0 Å². The highest BCUT2D eigenvalue weighted by atomic mass is 35.5. The molecule has 16 heavy (non-hydrogen) atoms. The highest BCUT2D eigenvalue weighted by Gasteiger charge is 2.14. The molecule has 0 bridgehead atoms. The fraction of sp³-hybridized carbons (Fsp3) is 0.273. The van der Waals surface area contributed by atoms with Crippen molar-refractivity contribution >= 4 is 40.1 Å². The first-order chi connectivity index (χ1) is 7.56. The Hall–Kier alpha value is -0.710. The molecule has 0 aromatic carbocycles. The summed E-state index contributed by atoms with van der Waals surface area (Å²) in [5.41, 5.74) is 0.829. The molecule has 0 aliphatic heterocycles. The number of aryl methyl sites for hydroxylation is 2. The highest BCUT2D eigenvalue weighted by Crippen LogP contribution is 2.25. The van der Waals surface area contributed by atoms with Crippen molar-refractivity contribution in [1.82, 2.24) is 4.98 Å². The smallest absolute Gasteiger partial charge is 0.179 e. The van der Waals surface area contributed by atoms with Crippen LogP contribution in [0.3, 0.4) is 0 Å². The van der Waals surface area contributed by atoms with E-state index in [1.165, 1.54) is 22.7 Å². The normalized spacial score (nSPS) is 10.7.